The topological polar surface area (TPSA) is 3.24 Å². The number of piperidine rings is 1. The lowest BCUT2D eigenvalue weighted by Crippen LogP contribution is -2.63. The van der Waals surface area contributed by atoms with Crippen molar-refractivity contribution in [1.82, 2.24) is 4.90 Å². The van der Waals surface area contributed by atoms with Crippen molar-refractivity contribution in [2.24, 2.45) is 29.1 Å². The molecule has 4 rings (SSSR count). The summed E-state index contributed by atoms with van der Waals surface area (Å²) in [6, 6.07) is 0.945. The molecule has 0 spiro atoms. The van der Waals surface area contributed by atoms with E-state index >= 15 is 0 Å². The molecule has 120 valence electrons. The molecule has 3 saturated carbocycles. The van der Waals surface area contributed by atoms with Gasteiger partial charge in [-0.3, -0.25) is 0 Å². The van der Waals surface area contributed by atoms with Crippen LogP contribution in [-0.2, 0) is 0 Å². The Kier molecular flexibility index (Phi) is 3.84. The first-order chi connectivity index (χ1) is 10.2. The average molecular weight is 290 g/mol. The van der Waals surface area contributed by atoms with Gasteiger partial charge in [0.05, 0.1) is 0 Å². The first kappa shape index (κ1) is 14.5. The molecular formula is C20H35N. The lowest BCUT2D eigenvalue weighted by molar-refractivity contribution is -0.157. The third-order valence-electron chi connectivity index (χ3n) is 8.14. The van der Waals surface area contributed by atoms with Crippen LogP contribution in [-0.4, -0.2) is 24.5 Å². The lowest BCUT2D eigenvalue weighted by atomic mass is 9.44. The summed E-state index contributed by atoms with van der Waals surface area (Å²) < 4.78 is 0. The van der Waals surface area contributed by atoms with E-state index in [1.807, 2.05) is 0 Å². The standard InChI is InChI=1S/C20H35N/c1-3-6-15-9-10-18-19-13-16-7-4-5-8-17(16)20(18,14-15)11-12-21(19)2/h15-19H,3-14H2,1-2H3. The van der Waals surface area contributed by atoms with Crippen LogP contribution in [0.5, 0.6) is 0 Å². The van der Waals surface area contributed by atoms with Crippen molar-refractivity contribution >= 4 is 0 Å². The molecule has 21 heavy (non-hydrogen) atoms. The van der Waals surface area contributed by atoms with Gasteiger partial charge < -0.3 is 4.90 Å². The molecule has 0 radical (unpaired) electrons. The number of likely N-dealkylation sites (tertiary alicyclic amines) is 1. The summed E-state index contributed by atoms with van der Waals surface area (Å²) in [5, 5.41) is 0. The predicted molar refractivity (Wildman–Crippen MR) is 89.3 cm³/mol. The van der Waals surface area contributed by atoms with Gasteiger partial charge in [-0.2, -0.15) is 0 Å². The van der Waals surface area contributed by atoms with Crippen LogP contribution >= 0.6 is 0 Å². The Morgan fingerprint density at radius 2 is 1.90 bits per heavy atom. The molecule has 1 heterocycles. The Labute approximate surface area is 131 Å². The molecule has 4 fully saturated rings. The Hall–Kier alpha value is -0.0400. The Morgan fingerprint density at radius 1 is 1.05 bits per heavy atom. The minimum atomic E-state index is 0.776. The van der Waals surface area contributed by atoms with Gasteiger partial charge >= 0.3 is 0 Å². The van der Waals surface area contributed by atoms with Crippen LogP contribution in [0.1, 0.15) is 77.6 Å². The lowest BCUT2D eigenvalue weighted by Gasteiger charge is -2.65. The van der Waals surface area contributed by atoms with Gasteiger partial charge in [-0.15, -0.1) is 0 Å². The number of fused-ring (bicyclic) bond motifs is 1. The summed E-state index contributed by atoms with van der Waals surface area (Å²) in [5.74, 6) is 4.32. The van der Waals surface area contributed by atoms with Gasteiger partial charge in [0.1, 0.15) is 0 Å². The van der Waals surface area contributed by atoms with Gasteiger partial charge in [0.15, 0.2) is 0 Å². The fraction of sp³-hybridized carbons (Fsp3) is 1.00. The molecule has 1 saturated heterocycles. The summed E-state index contributed by atoms with van der Waals surface area (Å²) in [6.07, 6.45) is 16.9. The molecule has 2 bridgehead atoms. The zero-order valence-electron chi connectivity index (χ0n) is 14.3. The van der Waals surface area contributed by atoms with Crippen molar-refractivity contribution in [2.75, 3.05) is 13.6 Å². The van der Waals surface area contributed by atoms with Crippen molar-refractivity contribution in [3.8, 4) is 0 Å². The second kappa shape index (κ2) is 5.55. The van der Waals surface area contributed by atoms with Gasteiger partial charge in [-0.1, -0.05) is 45.4 Å². The maximum Gasteiger partial charge on any atom is 0.0129 e. The summed E-state index contributed by atoms with van der Waals surface area (Å²) >= 11 is 0. The number of hydrogen-bond donors (Lipinski definition) is 0. The highest BCUT2D eigenvalue weighted by molar-refractivity contribution is 5.10. The zero-order valence-corrected chi connectivity index (χ0v) is 14.3. The zero-order chi connectivity index (χ0) is 14.4. The van der Waals surface area contributed by atoms with E-state index in [-0.39, 0.29) is 0 Å². The predicted octanol–water partition coefficient (Wildman–Crippen LogP) is 5.10. The molecule has 1 aliphatic heterocycles. The van der Waals surface area contributed by atoms with Gasteiger partial charge in [0, 0.05) is 6.04 Å². The fourth-order valence-electron chi connectivity index (χ4n) is 7.38. The van der Waals surface area contributed by atoms with Crippen molar-refractivity contribution in [1.29, 1.82) is 0 Å². The summed E-state index contributed by atoms with van der Waals surface area (Å²) in [5.41, 5.74) is 0.776. The van der Waals surface area contributed by atoms with Crippen molar-refractivity contribution in [2.45, 2.75) is 83.6 Å². The Balaban J connectivity index is 1.66. The third kappa shape index (κ3) is 2.21. The van der Waals surface area contributed by atoms with Crippen LogP contribution in [0, 0.1) is 29.1 Å². The summed E-state index contributed by atoms with van der Waals surface area (Å²) in [4.78, 5) is 2.76. The van der Waals surface area contributed by atoms with E-state index in [1.165, 1.54) is 38.6 Å². The smallest absolute Gasteiger partial charge is 0.0129 e. The van der Waals surface area contributed by atoms with E-state index in [1.54, 1.807) is 38.5 Å². The van der Waals surface area contributed by atoms with Crippen LogP contribution in [0.3, 0.4) is 0 Å². The van der Waals surface area contributed by atoms with Crippen LogP contribution in [0.25, 0.3) is 0 Å². The molecule has 6 atom stereocenters. The normalized spacial score (nSPS) is 50.3. The molecule has 4 aliphatic rings. The molecule has 1 nitrogen and oxygen atoms in total. The molecule has 6 unspecified atom stereocenters. The van der Waals surface area contributed by atoms with Crippen LogP contribution in [0.4, 0.5) is 0 Å². The quantitative estimate of drug-likeness (QED) is 0.683. The van der Waals surface area contributed by atoms with Crippen molar-refractivity contribution in [3.63, 3.8) is 0 Å². The maximum atomic E-state index is 2.76. The van der Waals surface area contributed by atoms with E-state index < -0.39 is 0 Å². The number of rotatable bonds is 2. The highest BCUT2D eigenvalue weighted by Gasteiger charge is 2.59. The van der Waals surface area contributed by atoms with Crippen molar-refractivity contribution in [3.05, 3.63) is 0 Å². The second-order valence-corrected chi connectivity index (χ2v) is 8.96. The molecule has 0 aromatic rings. The SMILES string of the molecule is CCCC1CCC2C3CC4CCCCC4C2(CCN3C)C1. The summed E-state index contributed by atoms with van der Waals surface area (Å²) in [6.45, 7) is 3.79. The van der Waals surface area contributed by atoms with Gasteiger partial charge in [0.25, 0.3) is 0 Å². The van der Waals surface area contributed by atoms with Gasteiger partial charge in [0.2, 0.25) is 0 Å². The maximum absolute atomic E-state index is 2.76. The van der Waals surface area contributed by atoms with E-state index in [0.29, 0.717) is 0 Å². The molecule has 0 aromatic carbocycles. The van der Waals surface area contributed by atoms with E-state index in [0.717, 1.165) is 35.1 Å². The van der Waals surface area contributed by atoms with Crippen LogP contribution < -0.4 is 0 Å². The molecule has 0 N–H and O–H groups in total. The van der Waals surface area contributed by atoms with Crippen LogP contribution in [0.15, 0.2) is 0 Å². The largest absolute Gasteiger partial charge is 0.303 e. The summed E-state index contributed by atoms with van der Waals surface area (Å²) in [7, 11) is 2.43. The van der Waals surface area contributed by atoms with Crippen LogP contribution in [0.2, 0.25) is 0 Å². The van der Waals surface area contributed by atoms with Gasteiger partial charge in [-0.25, -0.2) is 0 Å². The monoisotopic (exact) mass is 289 g/mol. The van der Waals surface area contributed by atoms with E-state index in [2.05, 4.69) is 18.9 Å². The highest BCUT2D eigenvalue weighted by Crippen LogP contribution is 2.64. The minimum Gasteiger partial charge on any atom is -0.303 e. The molecule has 3 aliphatic carbocycles. The molecular weight excluding hydrogens is 254 g/mol. The average Bonchev–Trinajstić information content (AvgIpc) is 2.51. The van der Waals surface area contributed by atoms with Crippen molar-refractivity contribution < 1.29 is 0 Å². The first-order valence-electron chi connectivity index (χ1n) is 9.95. The minimum absolute atomic E-state index is 0.776. The first-order valence-corrected chi connectivity index (χ1v) is 9.95. The highest BCUT2D eigenvalue weighted by atomic mass is 15.2. The van der Waals surface area contributed by atoms with E-state index in [9.17, 15) is 0 Å². The number of nitrogens with zero attached hydrogens (tertiary/aromatic N) is 1. The molecule has 0 amide bonds. The Bertz CT molecular complexity index is 374. The van der Waals surface area contributed by atoms with Gasteiger partial charge in [-0.05, 0) is 74.8 Å². The fourth-order valence-corrected chi connectivity index (χ4v) is 7.38. The van der Waals surface area contributed by atoms with E-state index in [4.69, 9.17) is 0 Å². The third-order valence-corrected chi connectivity index (χ3v) is 8.14. The second-order valence-electron chi connectivity index (χ2n) is 8.96. The number of hydrogen-bond acceptors (Lipinski definition) is 1. The Morgan fingerprint density at radius 3 is 2.76 bits per heavy atom. The molecule has 0 aromatic heterocycles. The molecule has 1 heteroatoms.